The Hall–Kier alpha value is -2.73. The first kappa shape index (κ1) is 17.4. The van der Waals surface area contributed by atoms with Crippen molar-refractivity contribution < 1.29 is 19.1 Å². The van der Waals surface area contributed by atoms with Gasteiger partial charge in [-0.1, -0.05) is 28.1 Å². The van der Waals surface area contributed by atoms with Crippen molar-refractivity contribution in [2.24, 2.45) is 23.7 Å². The standard InChI is InChI=1S/C22H16BrNO4/c23-15-5-3-12(4-6-15)22(27)28-17-9-7-16(8-10-17)24-20(25)18-13-1-2-14(11-13)19(18)21(24)26/h1-10,13-14,18-19H,11H2/t13-,14-,18+,19+/m0/s1. The van der Waals surface area contributed by atoms with Gasteiger partial charge in [-0.05, 0) is 66.8 Å². The SMILES string of the molecule is O=C(Oc1ccc(N2C(=O)[C@H]3[C@H](C2=O)[C@H]2C=C[C@H]3C2)cc1)c1ccc(Br)cc1. The van der Waals surface area contributed by atoms with E-state index < -0.39 is 5.97 Å². The zero-order valence-corrected chi connectivity index (χ0v) is 16.3. The van der Waals surface area contributed by atoms with Crippen LogP contribution >= 0.6 is 15.9 Å². The Morgan fingerprint density at radius 1 is 0.893 bits per heavy atom. The molecule has 0 spiro atoms. The first-order valence-corrected chi connectivity index (χ1v) is 9.96. The molecule has 2 aliphatic carbocycles. The Morgan fingerprint density at radius 3 is 2.04 bits per heavy atom. The monoisotopic (exact) mass is 437 g/mol. The zero-order valence-electron chi connectivity index (χ0n) is 14.7. The molecule has 140 valence electrons. The number of allylic oxidation sites excluding steroid dienone is 2. The minimum Gasteiger partial charge on any atom is -0.423 e. The second kappa shape index (κ2) is 6.41. The minimum absolute atomic E-state index is 0.119. The number of nitrogens with zero attached hydrogens (tertiary/aromatic N) is 1. The Kier molecular flexibility index (Phi) is 3.98. The van der Waals surface area contributed by atoms with E-state index in [2.05, 4.69) is 28.1 Å². The molecule has 0 N–H and O–H groups in total. The average molecular weight is 438 g/mol. The van der Waals surface area contributed by atoms with E-state index in [4.69, 9.17) is 4.74 Å². The highest BCUT2D eigenvalue weighted by atomic mass is 79.9. The van der Waals surface area contributed by atoms with Gasteiger partial charge in [-0.25, -0.2) is 4.79 Å². The topological polar surface area (TPSA) is 63.7 Å². The lowest BCUT2D eigenvalue weighted by molar-refractivity contribution is -0.123. The number of benzene rings is 2. The van der Waals surface area contributed by atoms with E-state index in [-0.39, 0.29) is 35.5 Å². The Labute approximate surface area is 170 Å². The fourth-order valence-electron chi connectivity index (χ4n) is 4.57. The van der Waals surface area contributed by atoms with Crippen molar-refractivity contribution in [2.45, 2.75) is 6.42 Å². The largest absolute Gasteiger partial charge is 0.423 e. The summed E-state index contributed by atoms with van der Waals surface area (Å²) >= 11 is 3.32. The molecule has 0 unspecified atom stereocenters. The molecule has 0 radical (unpaired) electrons. The highest BCUT2D eigenvalue weighted by Crippen LogP contribution is 2.53. The van der Waals surface area contributed by atoms with Crippen LogP contribution in [0.4, 0.5) is 5.69 Å². The molecule has 2 fully saturated rings. The summed E-state index contributed by atoms with van der Waals surface area (Å²) in [5, 5.41) is 0. The number of amides is 2. The summed E-state index contributed by atoms with van der Waals surface area (Å²) in [6.45, 7) is 0. The molecule has 2 amide bonds. The number of fused-ring (bicyclic) bond motifs is 5. The summed E-state index contributed by atoms with van der Waals surface area (Å²) in [5.74, 6) is -0.429. The quantitative estimate of drug-likeness (QED) is 0.315. The molecule has 2 bridgehead atoms. The average Bonchev–Trinajstić information content (AvgIpc) is 3.37. The molecule has 1 heterocycles. The van der Waals surface area contributed by atoms with Crippen LogP contribution in [-0.4, -0.2) is 17.8 Å². The normalized spacial score (nSPS) is 27.4. The van der Waals surface area contributed by atoms with E-state index in [1.807, 2.05) is 0 Å². The number of ether oxygens (including phenoxy) is 1. The van der Waals surface area contributed by atoms with Crippen LogP contribution in [0.1, 0.15) is 16.8 Å². The summed E-state index contributed by atoms with van der Waals surface area (Å²) < 4.78 is 6.25. The maximum Gasteiger partial charge on any atom is 0.343 e. The fraction of sp³-hybridized carbons (Fsp3) is 0.227. The third-order valence-corrected chi connectivity index (χ3v) is 6.38. The van der Waals surface area contributed by atoms with Gasteiger partial charge in [-0.2, -0.15) is 0 Å². The van der Waals surface area contributed by atoms with E-state index in [1.165, 1.54) is 4.90 Å². The van der Waals surface area contributed by atoms with E-state index in [0.29, 0.717) is 17.0 Å². The Bertz CT molecular complexity index is 982. The van der Waals surface area contributed by atoms with Gasteiger partial charge < -0.3 is 4.74 Å². The van der Waals surface area contributed by atoms with E-state index in [9.17, 15) is 14.4 Å². The van der Waals surface area contributed by atoms with Crippen molar-refractivity contribution in [3.05, 3.63) is 70.7 Å². The third kappa shape index (κ3) is 2.63. The zero-order chi connectivity index (χ0) is 19.4. The number of carbonyl (C=O) groups is 3. The van der Waals surface area contributed by atoms with Crippen LogP contribution in [0.3, 0.4) is 0 Å². The van der Waals surface area contributed by atoms with Gasteiger partial charge in [0.1, 0.15) is 5.75 Å². The van der Waals surface area contributed by atoms with Crippen LogP contribution in [0.15, 0.2) is 65.2 Å². The molecule has 5 rings (SSSR count). The molecule has 1 saturated carbocycles. The van der Waals surface area contributed by atoms with Crippen LogP contribution in [0.25, 0.3) is 0 Å². The van der Waals surface area contributed by atoms with Crippen LogP contribution in [0, 0.1) is 23.7 Å². The number of rotatable bonds is 3. The van der Waals surface area contributed by atoms with Crippen molar-refractivity contribution in [3.8, 4) is 5.75 Å². The van der Waals surface area contributed by atoms with Crippen molar-refractivity contribution in [1.29, 1.82) is 0 Å². The summed E-state index contributed by atoms with van der Waals surface area (Å²) in [6.07, 6.45) is 5.06. The molecule has 1 saturated heterocycles. The molecule has 1 aliphatic heterocycles. The van der Waals surface area contributed by atoms with Gasteiger partial charge in [-0.3, -0.25) is 14.5 Å². The Balaban J connectivity index is 1.33. The molecule has 28 heavy (non-hydrogen) atoms. The van der Waals surface area contributed by atoms with E-state index in [0.717, 1.165) is 10.9 Å². The van der Waals surface area contributed by atoms with Crippen LogP contribution in [0.5, 0.6) is 5.75 Å². The number of hydrogen-bond donors (Lipinski definition) is 0. The predicted molar refractivity (Wildman–Crippen MR) is 106 cm³/mol. The molecule has 5 nitrogen and oxygen atoms in total. The maximum absolute atomic E-state index is 12.8. The molecular formula is C22H16BrNO4. The molecule has 0 aromatic heterocycles. The molecule has 2 aromatic rings. The van der Waals surface area contributed by atoms with Crippen LogP contribution in [-0.2, 0) is 9.59 Å². The van der Waals surface area contributed by atoms with Crippen LogP contribution < -0.4 is 9.64 Å². The van der Waals surface area contributed by atoms with E-state index >= 15 is 0 Å². The first-order chi connectivity index (χ1) is 13.5. The second-order valence-corrected chi connectivity index (χ2v) is 8.32. The van der Waals surface area contributed by atoms with Gasteiger partial charge in [0.05, 0.1) is 23.1 Å². The van der Waals surface area contributed by atoms with Crippen molar-refractivity contribution in [3.63, 3.8) is 0 Å². The number of hydrogen-bond acceptors (Lipinski definition) is 4. The fourth-order valence-corrected chi connectivity index (χ4v) is 4.84. The second-order valence-electron chi connectivity index (χ2n) is 7.40. The molecule has 2 aromatic carbocycles. The highest BCUT2D eigenvalue weighted by molar-refractivity contribution is 9.10. The van der Waals surface area contributed by atoms with Crippen molar-refractivity contribution >= 4 is 39.4 Å². The predicted octanol–water partition coefficient (Wildman–Crippen LogP) is 3.98. The summed E-state index contributed by atoms with van der Waals surface area (Å²) in [6, 6.07) is 13.4. The van der Waals surface area contributed by atoms with Gasteiger partial charge in [0.25, 0.3) is 0 Å². The minimum atomic E-state index is -0.467. The van der Waals surface area contributed by atoms with Crippen molar-refractivity contribution in [2.75, 3.05) is 4.90 Å². The maximum atomic E-state index is 12.8. The first-order valence-electron chi connectivity index (χ1n) is 9.17. The summed E-state index contributed by atoms with van der Waals surface area (Å²) in [7, 11) is 0. The van der Waals surface area contributed by atoms with Gasteiger partial charge in [0.15, 0.2) is 0 Å². The third-order valence-electron chi connectivity index (χ3n) is 5.86. The molecular weight excluding hydrogens is 422 g/mol. The lowest BCUT2D eigenvalue weighted by Gasteiger charge is -2.17. The summed E-state index contributed by atoms with van der Waals surface area (Å²) in [4.78, 5) is 39.2. The summed E-state index contributed by atoms with van der Waals surface area (Å²) in [5.41, 5.74) is 0.959. The smallest absolute Gasteiger partial charge is 0.343 e. The molecule has 6 heteroatoms. The number of esters is 1. The molecule has 4 atom stereocenters. The number of anilines is 1. The van der Waals surface area contributed by atoms with E-state index in [1.54, 1.807) is 48.5 Å². The molecule has 3 aliphatic rings. The highest BCUT2D eigenvalue weighted by Gasteiger charge is 2.59. The van der Waals surface area contributed by atoms with Gasteiger partial charge >= 0.3 is 5.97 Å². The Morgan fingerprint density at radius 2 is 1.46 bits per heavy atom. The van der Waals surface area contributed by atoms with Crippen molar-refractivity contribution in [1.82, 2.24) is 0 Å². The van der Waals surface area contributed by atoms with Gasteiger partial charge in [-0.15, -0.1) is 0 Å². The van der Waals surface area contributed by atoms with Gasteiger partial charge in [0.2, 0.25) is 11.8 Å². The van der Waals surface area contributed by atoms with Gasteiger partial charge in [0, 0.05) is 4.47 Å². The number of carbonyl (C=O) groups excluding carboxylic acids is 3. The lowest BCUT2D eigenvalue weighted by Crippen LogP contribution is -2.32. The lowest BCUT2D eigenvalue weighted by atomic mass is 9.85. The van der Waals surface area contributed by atoms with Crippen LogP contribution in [0.2, 0.25) is 0 Å². The number of halogens is 1. The number of imide groups is 1.